The van der Waals surface area contributed by atoms with Crippen molar-refractivity contribution >= 4 is 16.3 Å². The predicted octanol–water partition coefficient (Wildman–Crippen LogP) is 2.80. The molecule has 3 rings (SSSR count). The quantitative estimate of drug-likeness (QED) is 0.698. The molecule has 0 bridgehead atoms. The molecule has 1 aliphatic heterocycles. The van der Waals surface area contributed by atoms with E-state index in [0.717, 1.165) is 14.1 Å². The van der Waals surface area contributed by atoms with Gasteiger partial charge in [0.1, 0.15) is 11.9 Å². The highest BCUT2D eigenvalue weighted by Crippen LogP contribution is 2.36. The summed E-state index contributed by atoms with van der Waals surface area (Å²) in [5.74, 6) is -4.36. The van der Waals surface area contributed by atoms with Gasteiger partial charge >= 0.3 is 6.09 Å². The van der Waals surface area contributed by atoms with Crippen molar-refractivity contribution in [1.82, 2.24) is 13.9 Å². The van der Waals surface area contributed by atoms with Crippen LogP contribution < -0.4 is 4.72 Å². The van der Waals surface area contributed by atoms with E-state index in [1.807, 2.05) is 4.72 Å². The number of alkyl halides is 2. The van der Waals surface area contributed by atoms with Gasteiger partial charge in [-0.15, -0.1) is 0 Å². The first-order valence-corrected chi connectivity index (χ1v) is 10.8. The van der Waals surface area contributed by atoms with Crippen LogP contribution in [0.5, 0.6) is 0 Å². The van der Waals surface area contributed by atoms with Gasteiger partial charge in [-0.2, -0.15) is 17.4 Å². The highest BCUT2D eigenvalue weighted by Gasteiger charge is 2.57. The molecule has 1 amide bonds. The Balaban J connectivity index is 2.01. The van der Waals surface area contributed by atoms with Crippen molar-refractivity contribution in [3.8, 4) is 11.1 Å². The summed E-state index contributed by atoms with van der Waals surface area (Å²) < 4.78 is 71.5. The monoisotopic (exact) mass is 457 g/mol. The van der Waals surface area contributed by atoms with E-state index in [4.69, 9.17) is 0 Å². The van der Waals surface area contributed by atoms with Crippen LogP contribution in [0.25, 0.3) is 11.1 Å². The standard InChI is InChI=1S/C20H22F3N3O4S/c1-25(2)31(29,30)24-18-16(26(19(27)28)12-20(18,22)23)11-14-9-6-10-15(17(14)21)13-7-4-3-5-8-13/h3-10,16,18,24H,11-12H2,1-2H3,(H,27,28)/t16-,18+/m0/s1. The maximum absolute atomic E-state index is 15.2. The third-order valence-electron chi connectivity index (χ3n) is 5.22. The van der Waals surface area contributed by atoms with Crippen LogP contribution in [-0.2, 0) is 16.6 Å². The van der Waals surface area contributed by atoms with Gasteiger partial charge in [0, 0.05) is 19.7 Å². The van der Waals surface area contributed by atoms with Crippen molar-refractivity contribution in [2.45, 2.75) is 24.4 Å². The molecule has 1 fully saturated rings. The maximum Gasteiger partial charge on any atom is 0.407 e. The van der Waals surface area contributed by atoms with E-state index in [2.05, 4.69) is 0 Å². The van der Waals surface area contributed by atoms with Crippen LogP contribution in [0.2, 0.25) is 0 Å². The highest BCUT2D eigenvalue weighted by molar-refractivity contribution is 7.87. The fraction of sp³-hybridized carbons (Fsp3) is 0.350. The lowest BCUT2D eigenvalue weighted by Gasteiger charge is -2.28. The minimum atomic E-state index is -4.30. The number of hydrogen-bond donors (Lipinski definition) is 2. The number of rotatable bonds is 6. The summed E-state index contributed by atoms with van der Waals surface area (Å²) in [4.78, 5) is 12.1. The fourth-order valence-electron chi connectivity index (χ4n) is 3.58. The third-order valence-corrected chi connectivity index (χ3v) is 6.73. The van der Waals surface area contributed by atoms with Gasteiger partial charge in [0.15, 0.2) is 0 Å². The number of amides is 1. The molecule has 2 aromatic carbocycles. The van der Waals surface area contributed by atoms with Gasteiger partial charge in [0.2, 0.25) is 0 Å². The molecule has 0 unspecified atom stereocenters. The molecule has 0 aliphatic carbocycles. The van der Waals surface area contributed by atoms with Gasteiger partial charge < -0.3 is 5.11 Å². The Morgan fingerprint density at radius 1 is 1.19 bits per heavy atom. The zero-order valence-electron chi connectivity index (χ0n) is 16.8. The second-order valence-electron chi connectivity index (χ2n) is 7.47. The zero-order valence-corrected chi connectivity index (χ0v) is 17.6. The molecule has 0 saturated carbocycles. The van der Waals surface area contributed by atoms with E-state index >= 15 is 4.39 Å². The number of likely N-dealkylation sites (tertiary alicyclic amines) is 1. The molecule has 1 heterocycles. The van der Waals surface area contributed by atoms with Gasteiger partial charge in [0.05, 0.1) is 12.6 Å². The summed E-state index contributed by atoms with van der Waals surface area (Å²) in [5.41, 5.74) is 0.804. The molecule has 0 radical (unpaired) electrons. The van der Waals surface area contributed by atoms with Crippen molar-refractivity contribution in [3.05, 3.63) is 59.9 Å². The van der Waals surface area contributed by atoms with Crippen molar-refractivity contribution in [1.29, 1.82) is 0 Å². The number of halogens is 3. The third kappa shape index (κ3) is 4.68. The van der Waals surface area contributed by atoms with Gasteiger partial charge in [-0.1, -0.05) is 48.5 Å². The number of benzene rings is 2. The molecular weight excluding hydrogens is 435 g/mol. The van der Waals surface area contributed by atoms with Gasteiger partial charge in [-0.25, -0.2) is 18.0 Å². The molecule has 31 heavy (non-hydrogen) atoms. The summed E-state index contributed by atoms with van der Waals surface area (Å²) in [6.07, 6.45) is -2.08. The van der Waals surface area contributed by atoms with Crippen LogP contribution in [0, 0.1) is 5.82 Å². The first-order chi connectivity index (χ1) is 14.4. The second kappa shape index (κ2) is 8.48. The summed E-state index contributed by atoms with van der Waals surface area (Å²) in [6.45, 7) is -1.20. The average Bonchev–Trinajstić information content (AvgIpc) is 2.94. The molecule has 2 aromatic rings. The van der Waals surface area contributed by atoms with Crippen LogP contribution in [0.15, 0.2) is 48.5 Å². The molecule has 0 spiro atoms. The van der Waals surface area contributed by atoms with E-state index in [0.29, 0.717) is 14.8 Å². The first-order valence-electron chi connectivity index (χ1n) is 9.34. The van der Waals surface area contributed by atoms with E-state index in [-0.39, 0.29) is 11.1 Å². The molecule has 168 valence electrons. The molecule has 2 atom stereocenters. The predicted molar refractivity (Wildman–Crippen MR) is 109 cm³/mol. The van der Waals surface area contributed by atoms with Crippen LogP contribution in [0.1, 0.15) is 5.56 Å². The molecule has 1 saturated heterocycles. The van der Waals surface area contributed by atoms with Gasteiger partial charge in [0.25, 0.3) is 16.1 Å². The molecule has 11 heteroatoms. The topological polar surface area (TPSA) is 90.0 Å². The highest BCUT2D eigenvalue weighted by atomic mass is 32.2. The lowest BCUT2D eigenvalue weighted by molar-refractivity contribution is -0.00594. The summed E-state index contributed by atoms with van der Waals surface area (Å²) in [6, 6.07) is 9.43. The van der Waals surface area contributed by atoms with Crippen molar-refractivity contribution in [2.24, 2.45) is 0 Å². The Kier molecular flexibility index (Phi) is 6.30. The number of carbonyl (C=O) groups is 1. The van der Waals surface area contributed by atoms with Crippen molar-refractivity contribution in [3.63, 3.8) is 0 Å². The molecule has 1 aliphatic rings. The zero-order chi connectivity index (χ0) is 23.0. The number of nitrogens with one attached hydrogen (secondary N) is 1. The maximum atomic E-state index is 15.2. The van der Waals surface area contributed by atoms with Gasteiger partial charge in [-0.3, -0.25) is 4.90 Å². The van der Waals surface area contributed by atoms with E-state index in [1.165, 1.54) is 18.2 Å². The molecule has 0 aromatic heterocycles. The molecule has 7 nitrogen and oxygen atoms in total. The lowest BCUT2D eigenvalue weighted by Crippen LogP contribution is -2.54. The minimum absolute atomic E-state index is 0.00403. The Hall–Kier alpha value is -2.63. The van der Waals surface area contributed by atoms with Gasteiger partial charge in [-0.05, 0) is 17.5 Å². The van der Waals surface area contributed by atoms with Crippen molar-refractivity contribution < 1.29 is 31.5 Å². The van der Waals surface area contributed by atoms with Crippen LogP contribution in [0.4, 0.5) is 18.0 Å². The number of nitrogens with zero attached hydrogens (tertiary/aromatic N) is 2. The van der Waals surface area contributed by atoms with Crippen molar-refractivity contribution in [2.75, 3.05) is 20.6 Å². The van der Waals surface area contributed by atoms with E-state index in [9.17, 15) is 27.1 Å². The van der Waals surface area contributed by atoms with E-state index in [1.54, 1.807) is 30.3 Å². The van der Waals surface area contributed by atoms with E-state index < -0.39 is 53.1 Å². The normalized spacial score (nSPS) is 20.9. The van der Waals surface area contributed by atoms with Crippen LogP contribution >= 0.6 is 0 Å². The Labute approximate surface area is 178 Å². The summed E-state index contributed by atoms with van der Waals surface area (Å²) in [5, 5.41) is 9.43. The number of carboxylic acid groups (broad SMARTS) is 1. The van der Waals surface area contributed by atoms with Crippen LogP contribution in [0.3, 0.4) is 0 Å². The molecular formula is C20H22F3N3O4S. The lowest BCUT2D eigenvalue weighted by atomic mass is 9.95. The summed E-state index contributed by atoms with van der Waals surface area (Å²) in [7, 11) is -1.99. The SMILES string of the molecule is CN(C)S(=O)(=O)N[C@@H]1[C@H](Cc2cccc(-c3ccccc3)c2F)N(C(=O)O)CC1(F)F. The number of hydrogen-bond acceptors (Lipinski definition) is 3. The fourth-order valence-corrected chi connectivity index (χ4v) is 4.44. The first kappa shape index (κ1) is 23.0. The largest absolute Gasteiger partial charge is 0.465 e. The molecule has 2 N–H and O–H groups in total. The summed E-state index contributed by atoms with van der Waals surface area (Å²) >= 11 is 0. The Morgan fingerprint density at radius 2 is 1.84 bits per heavy atom. The Bertz CT molecular complexity index is 1060. The van der Waals surface area contributed by atoms with Crippen LogP contribution in [-0.4, -0.2) is 67.5 Å². The Morgan fingerprint density at radius 3 is 2.42 bits per heavy atom. The second-order valence-corrected chi connectivity index (χ2v) is 9.39. The smallest absolute Gasteiger partial charge is 0.407 e. The average molecular weight is 457 g/mol. The minimum Gasteiger partial charge on any atom is -0.465 e.